The number of amides is 3. The fourth-order valence-electron chi connectivity index (χ4n) is 8.63. The van der Waals surface area contributed by atoms with E-state index in [1.807, 2.05) is 116 Å². The number of hydrogen-bond acceptors (Lipinski definition) is 16. The number of halogens is 4. The summed E-state index contributed by atoms with van der Waals surface area (Å²) in [7, 11) is 5.56. The third kappa shape index (κ3) is 53.9. The molecule has 561 valence electrons. The maximum atomic E-state index is 12.0. The van der Waals surface area contributed by atoms with Gasteiger partial charge in [-0.3, -0.25) is 53.1 Å². The van der Waals surface area contributed by atoms with Crippen LogP contribution in [0.1, 0.15) is 197 Å². The van der Waals surface area contributed by atoms with E-state index in [-0.39, 0.29) is 109 Å². The van der Waals surface area contributed by atoms with Gasteiger partial charge in [-0.05, 0) is 181 Å². The number of ketones is 1. The first-order chi connectivity index (χ1) is 44.4. The van der Waals surface area contributed by atoms with E-state index in [0.717, 1.165) is 53.6 Å². The van der Waals surface area contributed by atoms with Crippen molar-refractivity contribution in [1.82, 2.24) is 59.1 Å². The standard InChI is InChI=1S/C14H23N3O3.C10H16N2.C9H13N3.C9H15NO3.C7H8O3S.C5H7IN2.C5H8N2.C3H7.C3H4.C2H2.CH4.B.ClH.I2.Mg.Na.H2O2.H3P.H/c1-10-11(9-17(5)16-10)12(18)7-6-8-15-13(19)20-14(2,3)4;1-8-10(7-12(2)11-8)9-5-3-4-6-9;1-7-8(6-12(2)11-7)9-4-3-5-10-9;1-9(2,3)13-8(12)10-6-4-5-7(10)11;1-6-2-4-7(5-3-6)11(8,9)10;1-4-5(6)3-8(2)7-4;1-5-3-4-7(2)6-5;2*1-3-2;1-2;;;;1-2;;;1-2;;/h9H,6-8H2,1-5H3,(H,15,19);7,9H,3-6H2,1-2H3;6H,3-5H2,1-2H3;4-6H2,1-3H3;2-5H,1H3,(H,8,9,10);3H,1-2H3;3-4H,1-2H3;3H,1-2H3;1H,2H3;1-2H;1H4;;1H;;;;1-2H;1H3;/q;;;;;;;-1;;;;;;;+2;+1;;;-1/p-1. The molecule has 4 N–H and O–H groups in total. The van der Waals surface area contributed by atoms with Gasteiger partial charge in [-0.15, -0.1) is 25.2 Å². The topological polar surface area (TPSA) is 298 Å². The van der Waals surface area contributed by atoms with E-state index in [2.05, 4.69) is 140 Å². The zero-order valence-electron chi connectivity index (χ0n) is 63.7. The minimum Gasteiger partial charge on any atom is -1.00 e. The number of likely N-dealkylation sites (tertiary alicyclic amines) is 1. The normalized spacial score (nSPS) is 11.8. The van der Waals surface area contributed by atoms with Crippen molar-refractivity contribution in [2.24, 2.45) is 40.2 Å². The van der Waals surface area contributed by atoms with Crippen molar-refractivity contribution < 1.29 is 95.5 Å². The Morgan fingerprint density at radius 3 is 1.53 bits per heavy atom. The smallest absolute Gasteiger partial charge is 1.00 e. The van der Waals surface area contributed by atoms with Gasteiger partial charge in [-0.25, -0.2) is 14.5 Å². The number of imide groups is 1. The van der Waals surface area contributed by atoms with Gasteiger partial charge in [0.05, 0.1) is 42.5 Å². The number of carbonyl (C=O) groups excluding carboxylic acids is 4. The number of carbonyl (C=O) groups is 4. The summed E-state index contributed by atoms with van der Waals surface area (Å²) in [5.41, 5.74) is 9.75. The number of hydrogen-bond donors (Lipinski definition) is 4. The molecule has 6 aromatic rings. The van der Waals surface area contributed by atoms with Crippen LogP contribution >= 0.6 is 69.7 Å². The van der Waals surface area contributed by atoms with Gasteiger partial charge in [0.25, 0.3) is 10.1 Å². The fraction of sp³-hybridized carbons (Fsp3) is 0.544. The van der Waals surface area contributed by atoms with Crippen molar-refractivity contribution in [3.8, 4) is 25.2 Å². The molecule has 0 spiro atoms. The minimum absolute atomic E-state index is 0. The third-order valence-corrected chi connectivity index (χ3v) is 14.3. The van der Waals surface area contributed by atoms with Gasteiger partial charge in [0.15, 0.2) is 5.78 Å². The Morgan fingerprint density at radius 2 is 1.21 bits per heavy atom. The molecule has 0 bridgehead atoms. The van der Waals surface area contributed by atoms with E-state index < -0.39 is 33.5 Å². The summed E-state index contributed by atoms with van der Waals surface area (Å²) in [5, 5.41) is 35.6. The molecule has 24 nitrogen and oxygen atoms in total. The molecule has 1 aliphatic carbocycles. The molecule has 9 rings (SSSR count). The summed E-state index contributed by atoms with van der Waals surface area (Å²) in [4.78, 5) is 51.4. The minimum atomic E-state index is -4.02. The Kier molecular flexibility index (Phi) is 73.2. The van der Waals surface area contributed by atoms with Gasteiger partial charge in [-0.1, -0.05) is 38.0 Å². The van der Waals surface area contributed by atoms with E-state index in [1.165, 1.54) is 75.2 Å². The number of rotatable bonds is 8. The predicted molar refractivity (Wildman–Crippen MR) is 434 cm³/mol. The summed E-state index contributed by atoms with van der Waals surface area (Å²) >= 11 is 6.50. The van der Waals surface area contributed by atoms with Gasteiger partial charge in [0, 0.05) is 156 Å². The number of Topliss-reactive ketones (excluding diaryl/α,β-unsaturated/α-hetero) is 1. The second-order valence-electron chi connectivity index (χ2n) is 23.5. The van der Waals surface area contributed by atoms with Crippen LogP contribution in [0.2, 0.25) is 0 Å². The number of benzene rings is 1. The van der Waals surface area contributed by atoms with Gasteiger partial charge < -0.3 is 35.0 Å². The van der Waals surface area contributed by atoms with Gasteiger partial charge in [0.2, 0.25) is 5.91 Å². The molecule has 3 amide bonds. The van der Waals surface area contributed by atoms with Crippen molar-refractivity contribution >= 4 is 141 Å². The number of alkyl carbamates (subject to hydrolysis) is 1. The first-order valence-electron chi connectivity index (χ1n) is 30.5. The second kappa shape index (κ2) is 63.8. The molecular formula is C68H113BClI3MgN13NaO11PS. The first kappa shape index (κ1) is 116. The zero-order chi connectivity index (χ0) is 73.8. The molecule has 101 heavy (non-hydrogen) atoms. The van der Waals surface area contributed by atoms with Crippen LogP contribution in [0.25, 0.3) is 0 Å². The molecular weight excluding hydrogens is 1710 g/mol. The number of nitrogens with zero attached hydrogens (tertiary/aromatic N) is 12. The van der Waals surface area contributed by atoms with Crippen LogP contribution in [0.4, 0.5) is 9.59 Å². The molecule has 2 aliphatic heterocycles. The molecule has 1 unspecified atom stereocenters. The number of aliphatic imine (C=N–C) groups is 1. The average Bonchev–Trinajstić information content (AvgIpc) is 1.69. The van der Waals surface area contributed by atoms with Crippen molar-refractivity contribution in [2.45, 2.75) is 198 Å². The van der Waals surface area contributed by atoms with E-state index >= 15 is 0 Å². The molecule has 1 aromatic carbocycles. The number of terminal acetylenes is 2. The van der Waals surface area contributed by atoms with E-state index in [4.69, 9.17) is 24.5 Å². The Labute approximate surface area is 692 Å². The summed E-state index contributed by atoms with van der Waals surface area (Å²) in [6.07, 6.45) is 33.5. The van der Waals surface area contributed by atoms with Crippen LogP contribution in [0.15, 0.2) is 71.2 Å². The van der Waals surface area contributed by atoms with E-state index in [0.29, 0.717) is 37.9 Å². The Bertz CT molecular complexity index is 3370. The molecule has 5 aromatic heterocycles. The number of nitrogens with one attached hydrogen (secondary N) is 1. The van der Waals surface area contributed by atoms with Crippen molar-refractivity contribution in [2.75, 3.05) is 19.6 Å². The van der Waals surface area contributed by atoms with Gasteiger partial charge in [-0.2, -0.15) is 57.7 Å². The summed E-state index contributed by atoms with van der Waals surface area (Å²) in [5.74, 6) is 2.97. The quantitative estimate of drug-likeness (QED) is 0.0106. The number of aromatic nitrogens is 10. The van der Waals surface area contributed by atoms with E-state index in [9.17, 15) is 27.6 Å². The second-order valence-corrected chi connectivity index (χ2v) is 26.1. The van der Waals surface area contributed by atoms with Crippen molar-refractivity contribution in [3.63, 3.8) is 0 Å². The fourth-order valence-corrected chi connectivity index (χ4v) is 9.62. The van der Waals surface area contributed by atoms with Crippen molar-refractivity contribution in [3.05, 3.63) is 122 Å². The molecule has 3 radical (unpaired) electrons. The molecule has 1 atom stereocenters. The Balaban J connectivity index is -0.000000118. The van der Waals surface area contributed by atoms with E-state index in [1.54, 1.807) is 83.2 Å². The molecule has 1 saturated heterocycles. The number of aryl methyl sites for hydroxylation is 11. The van der Waals surface area contributed by atoms with Crippen molar-refractivity contribution in [1.29, 1.82) is 0 Å². The van der Waals surface area contributed by atoms with Gasteiger partial charge in [0.1, 0.15) is 11.2 Å². The molecule has 1 saturated carbocycles. The van der Waals surface area contributed by atoms with Crippen LogP contribution in [0.5, 0.6) is 0 Å². The summed E-state index contributed by atoms with van der Waals surface area (Å²) in [6, 6.07) is 7.96. The monoisotopic (exact) mass is 1820 g/mol. The summed E-state index contributed by atoms with van der Waals surface area (Å²) < 4.78 is 50.0. The van der Waals surface area contributed by atoms with Crippen LogP contribution in [0, 0.1) is 76.7 Å². The average molecular weight is 1830 g/mol. The van der Waals surface area contributed by atoms with Crippen LogP contribution in [-0.2, 0) is 59.6 Å². The summed E-state index contributed by atoms with van der Waals surface area (Å²) in [6.45, 7) is 30.1. The predicted octanol–water partition coefficient (Wildman–Crippen LogP) is 8.72. The Morgan fingerprint density at radius 1 is 0.743 bits per heavy atom. The first-order valence-corrected chi connectivity index (χ1v) is 39.3. The molecule has 2 fully saturated rings. The van der Waals surface area contributed by atoms with Crippen LogP contribution < -0.4 is 47.3 Å². The SMILES string of the molecule is C.C#C.C#CC.CC(C)(C)OC(=O)N1CCCC1=O.C[CH-]C.Cc1ccc(S(=O)(=O)O)cc1.Cc1ccn(C)n1.Cc1nn(C)cc1C(=O)CCCNC(=O)OC(C)(C)C.Cc1nn(C)cc1C1=NCCC1.Cc1nn(C)cc1C1CCCC1.Cc1nn(C)cc1I.II.OO.P.[B].[Cl-].[H-].[Mg+2].[Na+]. The van der Waals surface area contributed by atoms with Crippen LogP contribution in [0.3, 0.4) is 0 Å². The molecule has 7 heterocycles. The molecule has 3 aliphatic rings. The maximum Gasteiger partial charge on any atom is 2.00 e. The maximum absolute atomic E-state index is 12.0. The van der Waals surface area contributed by atoms with Crippen LogP contribution in [-0.4, -0.2) is 169 Å². The Hall–Kier alpha value is -3.49. The number of ether oxygens (including phenoxy) is 2. The largest absolute Gasteiger partial charge is 2.00 e. The van der Waals surface area contributed by atoms with Gasteiger partial charge >= 0.3 is 64.8 Å². The zero-order valence-corrected chi connectivity index (χ0v) is 75.6. The molecule has 33 heteroatoms. The third-order valence-electron chi connectivity index (χ3n) is 12.4.